The maximum atomic E-state index is 12.9. The van der Waals surface area contributed by atoms with E-state index in [0.717, 1.165) is 11.3 Å². The number of hydrogen-bond donors (Lipinski definition) is 2. The molecule has 7 heteroatoms. The first kappa shape index (κ1) is 17.4. The van der Waals surface area contributed by atoms with E-state index in [1.54, 1.807) is 30.3 Å². The van der Waals surface area contributed by atoms with Crippen molar-refractivity contribution < 1.29 is 5.21 Å². The molecule has 0 amide bonds. The maximum Gasteiger partial charge on any atom is 0.198 e. The Balaban J connectivity index is 1.89. The van der Waals surface area contributed by atoms with Gasteiger partial charge in [-0.3, -0.25) is 4.79 Å². The van der Waals surface area contributed by atoms with Crippen molar-refractivity contribution in [3.63, 3.8) is 0 Å². The maximum absolute atomic E-state index is 12.9. The highest BCUT2D eigenvalue weighted by molar-refractivity contribution is 6.35. The van der Waals surface area contributed by atoms with Crippen molar-refractivity contribution in [3.05, 3.63) is 78.5 Å². The Hall–Kier alpha value is -2.01. The molecule has 3 aromatic rings. The first-order valence-electron chi connectivity index (χ1n) is 7.98. The van der Waals surface area contributed by atoms with Crippen molar-refractivity contribution in [3.8, 4) is 0 Å². The van der Waals surface area contributed by atoms with Crippen LogP contribution in [-0.2, 0) is 6.42 Å². The number of fused-ring (bicyclic) bond motifs is 2. The van der Waals surface area contributed by atoms with Crippen molar-refractivity contribution in [1.29, 1.82) is 0 Å². The zero-order valence-electron chi connectivity index (χ0n) is 13.4. The van der Waals surface area contributed by atoms with Crippen LogP contribution < -0.4 is 5.43 Å². The Labute approximate surface area is 164 Å². The van der Waals surface area contributed by atoms with Crippen molar-refractivity contribution in [2.24, 2.45) is 5.16 Å². The van der Waals surface area contributed by atoms with Gasteiger partial charge in [-0.05, 0) is 48.2 Å². The zero-order chi connectivity index (χ0) is 18.4. The van der Waals surface area contributed by atoms with Crippen LogP contribution in [0.25, 0.3) is 10.9 Å². The Morgan fingerprint density at radius 2 is 1.77 bits per heavy atom. The molecule has 2 N–H and O–H groups in total. The zero-order valence-corrected chi connectivity index (χ0v) is 15.7. The van der Waals surface area contributed by atoms with Gasteiger partial charge in [-0.1, -0.05) is 46.0 Å². The molecule has 0 spiro atoms. The Bertz CT molecular complexity index is 1120. The van der Waals surface area contributed by atoms with Crippen molar-refractivity contribution in [2.45, 2.75) is 18.8 Å². The largest absolute Gasteiger partial charge is 0.411 e. The number of pyridine rings is 1. The summed E-state index contributed by atoms with van der Waals surface area (Å²) in [5, 5.41) is 15.0. The monoisotopic (exact) mass is 406 g/mol. The number of nitrogens with zero attached hydrogens (tertiary/aromatic N) is 1. The second kappa shape index (κ2) is 6.62. The van der Waals surface area contributed by atoms with Gasteiger partial charge < -0.3 is 10.2 Å². The molecule has 26 heavy (non-hydrogen) atoms. The fourth-order valence-electron chi connectivity index (χ4n) is 3.57. The predicted molar refractivity (Wildman–Crippen MR) is 105 cm³/mol. The van der Waals surface area contributed by atoms with E-state index in [-0.39, 0.29) is 11.3 Å². The van der Waals surface area contributed by atoms with Crippen molar-refractivity contribution in [2.75, 3.05) is 0 Å². The second-order valence-electron chi connectivity index (χ2n) is 6.32. The number of hydrogen-bond acceptors (Lipinski definition) is 3. The van der Waals surface area contributed by atoms with Gasteiger partial charge >= 0.3 is 0 Å². The Morgan fingerprint density at radius 1 is 1.04 bits per heavy atom. The molecule has 1 aromatic heterocycles. The van der Waals surface area contributed by atoms with Crippen LogP contribution in [0.5, 0.6) is 0 Å². The molecule has 132 valence electrons. The van der Waals surface area contributed by atoms with Crippen LogP contribution in [-0.4, -0.2) is 15.9 Å². The van der Waals surface area contributed by atoms with Gasteiger partial charge in [0.25, 0.3) is 0 Å². The van der Waals surface area contributed by atoms with E-state index in [9.17, 15) is 10.0 Å². The molecular formula is C19H13Cl3N2O2. The molecule has 2 aromatic carbocycles. The van der Waals surface area contributed by atoms with Gasteiger partial charge in [0, 0.05) is 38.1 Å². The number of aromatic nitrogens is 1. The van der Waals surface area contributed by atoms with E-state index in [0.29, 0.717) is 50.1 Å². The molecule has 1 heterocycles. The van der Waals surface area contributed by atoms with Crippen LogP contribution in [0.4, 0.5) is 0 Å². The summed E-state index contributed by atoms with van der Waals surface area (Å²) in [7, 11) is 0. The van der Waals surface area contributed by atoms with Crippen LogP contribution in [0.3, 0.4) is 0 Å². The summed E-state index contributed by atoms with van der Waals surface area (Å²) in [6.07, 6.45) is 0.976. The summed E-state index contributed by atoms with van der Waals surface area (Å²) in [6, 6.07) is 10.5. The normalized spacial score (nSPS) is 18.3. The van der Waals surface area contributed by atoms with Crippen LogP contribution in [0, 0.1) is 0 Å². The summed E-state index contributed by atoms with van der Waals surface area (Å²) < 4.78 is 0. The van der Waals surface area contributed by atoms with Crippen LogP contribution >= 0.6 is 34.8 Å². The van der Waals surface area contributed by atoms with Crippen LogP contribution in [0.15, 0.2) is 46.3 Å². The van der Waals surface area contributed by atoms with Gasteiger partial charge in [-0.15, -0.1) is 0 Å². The lowest BCUT2D eigenvalue weighted by molar-refractivity contribution is 0.316. The molecule has 1 atom stereocenters. The van der Waals surface area contributed by atoms with Crippen molar-refractivity contribution >= 4 is 51.4 Å². The number of H-pyrrole nitrogens is 1. The molecule has 4 nitrogen and oxygen atoms in total. The van der Waals surface area contributed by atoms with E-state index in [4.69, 9.17) is 34.8 Å². The molecule has 0 saturated carbocycles. The summed E-state index contributed by atoms with van der Waals surface area (Å²) in [4.78, 5) is 16.2. The lowest BCUT2D eigenvalue weighted by Gasteiger charge is -2.26. The van der Waals surface area contributed by atoms with E-state index in [2.05, 4.69) is 10.1 Å². The highest BCUT2D eigenvalue weighted by Crippen LogP contribution is 2.36. The second-order valence-corrected chi connectivity index (χ2v) is 7.60. The fraction of sp³-hybridized carbons (Fsp3) is 0.158. The van der Waals surface area contributed by atoms with Gasteiger partial charge in [-0.2, -0.15) is 0 Å². The first-order chi connectivity index (χ1) is 12.5. The minimum atomic E-state index is -0.190. The fourth-order valence-corrected chi connectivity index (χ4v) is 4.30. The number of aromatic amines is 1. The standard InChI is InChI=1S/C19H13Cl3N2O2/c20-10-2-4-15-13(7-10)19(25)18-16(23-15)5-9(6-17(18)24-26)12-3-1-11(21)8-14(12)22/h1-4,7-9,26H,5-6H2,(H,23,25)/b24-17+. The van der Waals surface area contributed by atoms with E-state index < -0.39 is 0 Å². The molecule has 1 aliphatic rings. The van der Waals surface area contributed by atoms with Gasteiger partial charge in [0.05, 0.1) is 11.3 Å². The smallest absolute Gasteiger partial charge is 0.198 e. The Kier molecular flexibility index (Phi) is 4.43. The molecule has 0 bridgehead atoms. The van der Waals surface area contributed by atoms with Gasteiger partial charge in [0.1, 0.15) is 0 Å². The highest BCUT2D eigenvalue weighted by Gasteiger charge is 2.30. The average molecular weight is 408 g/mol. The van der Waals surface area contributed by atoms with Crippen molar-refractivity contribution in [1.82, 2.24) is 4.98 Å². The third kappa shape index (κ3) is 2.88. The van der Waals surface area contributed by atoms with E-state index in [1.165, 1.54) is 0 Å². The van der Waals surface area contributed by atoms with E-state index >= 15 is 0 Å². The number of halogens is 3. The van der Waals surface area contributed by atoms with Gasteiger partial charge in [0.2, 0.25) is 0 Å². The minimum absolute atomic E-state index is 0.0291. The molecule has 0 aliphatic heterocycles. The molecule has 0 saturated heterocycles. The van der Waals surface area contributed by atoms with Crippen LogP contribution in [0.1, 0.15) is 29.2 Å². The molecule has 0 radical (unpaired) electrons. The molecule has 0 fully saturated rings. The molecule has 1 unspecified atom stereocenters. The quantitative estimate of drug-likeness (QED) is 0.419. The number of benzene rings is 2. The first-order valence-corrected chi connectivity index (χ1v) is 9.12. The predicted octanol–water partition coefficient (Wildman–Crippen LogP) is 5.40. The summed E-state index contributed by atoms with van der Waals surface area (Å²) in [5.41, 5.74) is 2.87. The number of nitrogens with one attached hydrogen (secondary N) is 1. The van der Waals surface area contributed by atoms with E-state index in [1.807, 2.05) is 6.07 Å². The SMILES string of the molecule is O=c1c2c([nH]c3ccc(Cl)cc13)CC(c1ccc(Cl)cc1Cl)C/C2=N\O. The van der Waals surface area contributed by atoms with Crippen LogP contribution in [0.2, 0.25) is 15.1 Å². The summed E-state index contributed by atoms with van der Waals surface area (Å²) >= 11 is 18.4. The third-order valence-electron chi connectivity index (χ3n) is 4.74. The number of rotatable bonds is 1. The number of oxime groups is 1. The third-order valence-corrected chi connectivity index (χ3v) is 5.54. The van der Waals surface area contributed by atoms with Gasteiger partial charge in [-0.25, -0.2) is 0 Å². The summed E-state index contributed by atoms with van der Waals surface area (Å²) in [5.74, 6) is -0.0291. The average Bonchev–Trinajstić information content (AvgIpc) is 2.61. The summed E-state index contributed by atoms with van der Waals surface area (Å²) in [6.45, 7) is 0. The lowest BCUT2D eigenvalue weighted by Crippen LogP contribution is -2.28. The minimum Gasteiger partial charge on any atom is -0.411 e. The lowest BCUT2D eigenvalue weighted by atomic mass is 9.80. The van der Waals surface area contributed by atoms with Gasteiger partial charge in [0.15, 0.2) is 5.43 Å². The molecule has 1 aliphatic carbocycles. The molecule has 4 rings (SSSR count). The highest BCUT2D eigenvalue weighted by atomic mass is 35.5. The Morgan fingerprint density at radius 3 is 2.50 bits per heavy atom. The topological polar surface area (TPSA) is 65.5 Å². The molecular weight excluding hydrogens is 395 g/mol.